The topological polar surface area (TPSA) is 0 Å². The molecule has 0 radical (unpaired) electrons. The summed E-state index contributed by atoms with van der Waals surface area (Å²) in [5.74, 6) is 19.4. The Morgan fingerprint density at radius 2 is 0.780 bits per heavy atom. The minimum atomic E-state index is 0.418. The summed E-state index contributed by atoms with van der Waals surface area (Å²) >= 11 is 0. The Balaban J connectivity index is 0.000000501. The highest BCUT2D eigenvalue weighted by atomic mass is 14.4. The fourth-order valence-corrected chi connectivity index (χ4v) is 18.1. The summed E-state index contributed by atoms with van der Waals surface area (Å²) in [5, 5.41) is 0. The monoisotopic (exact) mass is 1280 g/mol. The van der Waals surface area contributed by atoms with Gasteiger partial charge in [-0.2, -0.15) is 0 Å². The first-order valence-electron chi connectivity index (χ1n) is 42.5. The van der Waals surface area contributed by atoms with Crippen LogP contribution in [0.5, 0.6) is 0 Å². The predicted octanol–water partition coefficient (Wildman–Crippen LogP) is 32.2. The van der Waals surface area contributed by atoms with E-state index in [1.54, 1.807) is 51.4 Å². The van der Waals surface area contributed by atoms with E-state index >= 15 is 0 Å². The maximum absolute atomic E-state index is 2.44. The summed E-state index contributed by atoms with van der Waals surface area (Å²) < 4.78 is 0. The lowest BCUT2D eigenvalue weighted by Gasteiger charge is -2.42. The lowest BCUT2D eigenvalue weighted by molar-refractivity contribution is 0.0737. The number of hydrogen-bond acceptors (Lipinski definition) is 0. The average molecular weight is 1280 g/mol. The van der Waals surface area contributed by atoms with E-state index in [2.05, 4.69) is 187 Å². The van der Waals surface area contributed by atoms with Gasteiger partial charge in [-0.05, 0) is 198 Å². The molecule has 0 heteroatoms. The molecule has 0 nitrogen and oxygen atoms in total. The van der Waals surface area contributed by atoms with Crippen LogP contribution in [0.1, 0.15) is 450 Å². The molecular weight excluding hydrogens is 1090 g/mol. The van der Waals surface area contributed by atoms with Gasteiger partial charge in [0.15, 0.2) is 0 Å². The van der Waals surface area contributed by atoms with Crippen molar-refractivity contribution in [1.82, 2.24) is 0 Å². The molecule has 0 aromatic heterocycles. The van der Waals surface area contributed by atoms with Crippen LogP contribution in [-0.4, -0.2) is 0 Å². The van der Waals surface area contributed by atoms with E-state index in [9.17, 15) is 0 Å². The summed E-state index contributed by atoms with van der Waals surface area (Å²) in [7, 11) is 0. The second kappa shape index (κ2) is 47.9. The van der Waals surface area contributed by atoms with E-state index in [0.29, 0.717) is 21.7 Å². The van der Waals surface area contributed by atoms with Gasteiger partial charge in [-0.25, -0.2) is 0 Å². The standard InChI is InChI=1S/C10H22.C9H20.2C8H14.7C8H16/c1-8(2)10(6,7)9(3,4)5;1-7(2)8(3)9(4,5)6;1-6-4-7-2-3-8(6)5-7;1-6-7-2-3-8(6)5-4-7;1-7-3-5-8(2)6-4-7;1-7-4-3-5-8(2)6-7;1-8(2)6-4-3-5-7-8;1-7-5-3-4-6-8(7)2;1-7(2)8-5-3-4-6-8;1-2-8-6-4-3-5-7-8;1-2-5-8-6-3-4-7-8/h8H,1-7H3;7-8H,1-6H3;2*6-8H,2-5H2,1H3;2*7-8H,3-6H2,1-2H3;3-7H2,1-2H3;2*7-8H,3-6H2,1-2H3;2*8H,2-7H2,1H3/t;8-;6-,7?,8?;;;7-,8?;;7-,8?;;;/m.10..1.1.../s1. The van der Waals surface area contributed by atoms with Crippen LogP contribution < -0.4 is 0 Å². The molecule has 11 aliphatic carbocycles. The third-order valence-corrected chi connectivity index (χ3v) is 28.2. The Labute approximate surface area is 581 Å². The Morgan fingerprint density at radius 3 is 1.00 bits per heavy atom. The van der Waals surface area contributed by atoms with Gasteiger partial charge in [-0.15, -0.1) is 0 Å². The second-order valence-corrected chi connectivity index (χ2v) is 39.6. The van der Waals surface area contributed by atoms with E-state index in [1.807, 2.05) is 0 Å². The third kappa shape index (κ3) is 40.0. The van der Waals surface area contributed by atoms with E-state index in [-0.39, 0.29) is 0 Å². The molecule has 546 valence electrons. The highest BCUT2D eigenvalue weighted by Gasteiger charge is 2.39. The molecule has 11 saturated carbocycles. The van der Waals surface area contributed by atoms with Crippen molar-refractivity contribution < 1.29 is 0 Å². The number of fused-ring (bicyclic) bond motifs is 4. The molecule has 0 amide bonds. The molecule has 0 spiro atoms. The number of rotatable bonds is 6. The van der Waals surface area contributed by atoms with Crippen molar-refractivity contribution in [2.45, 2.75) is 450 Å². The first kappa shape index (κ1) is 89.0. The van der Waals surface area contributed by atoms with Crippen LogP contribution in [0.2, 0.25) is 0 Å². The zero-order chi connectivity index (χ0) is 69.0. The second-order valence-electron chi connectivity index (χ2n) is 39.6. The fourth-order valence-electron chi connectivity index (χ4n) is 18.1. The largest absolute Gasteiger partial charge is 0.0654 e. The highest BCUT2D eigenvalue weighted by molar-refractivity contribution is 4.89. The van der Waals surface area contributed by atoms with Gasteiger partial charge >= 0.3 is 0 Å². The molecule has 4 unspecified atom stereocenters. The Morgan fingerprint density at radius 1 is 0.374 bits per heavy atom. The zero-order valence-corrected chi connectivity index (χ0v) is 69.0. The average Bonchev–Trinajstić information content (AvgIpc) is 1.92. The minimum Gasteiger partial charge on any atom is -0.0654 e. The summed E-state index contributed by atoms with van der Waals surface area (Å²) in [6, 6.07) is 0. The lowest BCUT2D eigenvalue weighted by atomic mass is 9.63. The van der Waals surface area contributed by atoms with Gasteiger partial charge in [0.1, 0.15) is 0 Å². The maximum atomic E-state index is 2.44. The smallest absolute Gasteiger partial charge is 0.0283 e. The van der Waals surface area contributed by atoms with Gasteiger partial charge in [-0.3, -0.25) is 0 Å². The van der Waals surface area contributed by atoms with Crippen LogP contribution in [0.4, 0.5) is 0 Å². The normalized spacial score (nSPS) is 31.5. The molecule has 91 heavy (non-hydrogen) atoms. The summed E-state index contributed by atoms with van der Waals surface area (Å²) in [5.41, 5.74) is 2.01. The molecule has 0 saturated heterocycles. The molecule has 0 aliphatic heterocycles. The van der Waals surface area contributed by atoms with Crippen molar-refractivity contribution in [2.24, 2.45) is 134 Å². The quantitative estimate of drug-likeness (QED) is 0.249. The third-order valence-electron chi connectivity index (χ3n) is 28.2. The van der Waals surface area contributed by atoms with Crippen molar-refractivity contribution in [3.8, 4) is 0 Å². The van der Waals surface area contributed by atoms with Crippen molar-refractivity contribution in [2.75, 3.05) is 0 Å². The minimum absolute atomic E-state index is 0.418. The van der Waals surface area contributed by atoms with Gasteiger partial charge in [0.05, 0.1) is 0 Å². The Kier molecular flexibility index (Phi) is 46.8. The van der Waals surface area contributed by atoms with Crippen LogP contribution in [0.25, 0.3) is 0 Å². The number of hydrogen-bond donors (Lipinski definition) is 0. The fraction of sp³-hybridized carbons (Fsp3) is 1.00. The van der Waals surface area contributed by atoms with Crippen molar-refractivity contribution in [3.63, 3.8) is 0 Å². The summed E-state index contributed by atoms with van der Waals surface area (Å²) in [6.45, 7) is 63.2. The van der Waals surface area contributed by atoms with Crippen LogP contribution >= 0.6 is 0 Å². The first-order chi connectivity index (χ1) is 42.5. The molecule has 0 aromatic carbocycles. The van der Waals surface area contributed by atoms with E-state index in [1.165, 1.54) is 212 Å². The van der Waals surface area contributed by atoms with Gasteiger partial charge in [0.2, 0.25) is 0 Å². The first-order valence-corrected chi connectivity index (χ1v) is 42.5. The molecule has 8 atom stereocenters. The highest BCUT2D eigenvalue weighted by Crippen LogP contribution is 2.49. The van der Waals surface area contributed by atoms with Gasteiger partial charge in [-0.1, -0.05) is 386 Å². The van der Waals surface area contributed by atoms with Crippen LogP contribution in [0.3, 0.4) is 0 Å². The van der Waals surface area contributed by atoms with Crippen LogP contribution in [-0.2, 0) is 0 Å². The van der Waals surface area contributed by atoms with Crippen LogP contribution in [0, 0.1) is 134 Å². The molecule has 11 rings (SSSR count). The van der Waals surface area contributed by atoms with Gasteiger partial charge in [0.25, 0.3) is 0 Å². The van der Waals surface area contributed by atoms with E-state index in [0.717, 1.165) is 112 Å². The Hall–Kier alpha value is 0. The maximum Gasteiger partial charge on any atom is -0.0283 e. The van der Waals surface area contributed by atoms with Crippen LogP contribution in [0.15, 0.2) is 0 Å². The van der Waals surface area contributed by atoms with E-state index < -0.39 is 0 Å². The molecule has 0 aromatic rings. The molecule has 0 heterocycles. The van der Waals surface area contributed by atoms with Crippen molar-refractivity contribution in [3.05, 3.63) is 0 Å². The molecular formula is C91H182. The molecule has 4 bridgehead atoms. The Bertz CT molecular complexity index is 1570. The molecule has 11 aliphatic rings. The van der Waals surface area contributed by atoms with E-state index in [4.69, 9.17) is 0 Å². The van der Waals surface area contributed by atoms with Crippen molar-refractivity contribution >= 4 is 0 Å². The molecule has 11 fully saturated rings. The summed E-state index contributed by atoms with van der Waals surface area (Å²) in [4.78, 5) is 0. The van der Waals surface area contributed by atoms with Gasteiger partial charge in [0, 0.05) is 0 Å². The SMILES string of the molecule is CC(C)C(C)(C)C(C)(C)C.CC(C)C1CCCC1.CC(C)[C@@H](C)C(C)(C)C.CC1(C)CCCCC1.CC1C2CCC1CC2.CC1CCC(C)CC1.CC1CCCC[C@H]1C.CC1CCC[C@@H](C)C1.CCC1CCCCC1.CCCC1CCCC1.C[C@H]1CC2CCC1C2. The molecule has 0 N–H and O–H groups in total. The van der Waals surface area contributed by atoms with Gasteiger partial charge < -0.3 is 0 Å². The summed E-state index contributed by atoms with van der Waals surface area (Å²) in [6.07, 6.45) is 61.2. The lowest BCUT2D eigenvalue weighted by Crippen LogP contribution is -2.34. The predicted molar refractivity (Wildman–Crippen MR) is 419 cm³/mol. The zero-order valence-electron chi connectivity index (χ0n) is 69.0. The van der Waals surface area contributed by atoms with Crippen molar-refractivity contribution in [1.29, 1.82) is 0 Å².